The highest BCUT2D eigenvalue weighted by atomic mass is 16.5. The summed E-state index contributed by atoms with van der Waals surface area (Å²) in [6, 6.07) is 0. The fraction of sp³-hybridized carbons (Fsp3) is 0.647. The van der Waals surface area contributed by atoms with Gasteiger partial charge in [-0.15, -0.1) is 0 Å². The van der Waals surface area contributed by atoms with Crippen LogP contribution >= 0.6 is 0 Å². The second-order valence-electron chi connectivity index (χ2n) is 7.45. The lowest BCUT2D eigenvalue weighted by atomic mass is 9.80. The second kappa shape index (κ2) is 5.43. The van der Waals surface area contributed by atoms with E-state index in [2.05, 4.69) is 34.2 Å². The lowest BCUT2D eigenvalue weighted by Gasteiger charge is -2.24. The normalized spacial score (nSPS) is 26.3. The van der Waals surface area contributed by atoms with Gasteiger partial charge >= 0.3 is 0 Å². The summed E-state index contributed by atoms with van der Waals surface area (Å²) in [7, 11) is 0. The molecule has 128 valence electrons. The second-order valence-corrected chi connectivity index (χ2v) is 7.45. The van der Waals surface area contributed by atoms with Crippen LogP contribution in [0.5, 0.6) is 0 Å². The molecule has 7 nitrogen and oxygen atoms in total. The van der Waals surface area contributed by atoms with Crippen molar-refractivity contribution in [3.63, 3.8) is 0 Å². The summed E-state index contributed by atoms with van der Waals surface area (Å²) in [5, 5.41) is 11.0. The van der Waals surface area contributed by atoms with Gasteiger partial charge in [0.1, 0.15) is 0 Å². The van der Waals surface area contributed by atoms with Crippen molar-refractivity contribution in [3.05, 3.63) is 29.2 Å². The zero-order valence-corrected chi connectivity index (χ0v) is 14.4. The average molecular weight is 329 g/mol. The van der Waals surface area contributed by atoms with E-state index >= 15 is 0 Å². The number of aromatic amines is 1. The van der Waals surface area contributed by atoms with Gasteiger partial charge in [-0.05, 0) is 25.7 Å². The van der Waals surface area contributed by atoms with Crippen LogP contribution in [-0.4, -0.2) is 44.2 Å². The Bertz CT molecular complexity index is 765. The van der Waals surface area contributed by atoms with Gasteiger partial charge in [0.2, 0.25) is 5.89 Å². The van der Waals surface area contributed by atoms with Crippen molar-refractivity contribution in [1.29, 1.82) is 0 Å². The Hall–Kier alpha value is -2.18. The molecule has 2 aromatic heterocycles. The molecule has 1 amide bonds. The molecule has 1 saturated heterocycles. The molecule has 4 rings (SSSR count). The number of aryl methyl sites for hydroxylation is 1. The number of nitrogens with one attached hydrogen (secondary N) is 1. The molecule has 1 saturated carbocycles. The first kappa shape index (κ1) is 15.4. The molecule has 0 aromatic carbocycles. The van der Waals surface area contributed by atoms with E-state index in [1.54, 1.807) is 6.20 Å². The first-order valence-corrected chi connectivity index (χ1v) is 8.64. The van der Waals surface area contributed by atoms with Gasteiger partial charge in [-0.1, -0.05) is 25.4 Å². The summed E-state index contributed by atoms with van der Waals surface area (Å²) in [6.07, 6.45) is 4.87. The lowest BCUT2D eigenvalue weighted by Crippen LogP contribution is -2.35. The Kier molecular flexibility index (Phi) is 3.47. The summed E-state index contributed by atoms with van der Waals surface area (Å²) in [5.41, 5.74) is 1.29. The zero-order valence-electron chi connectivity index (χ0n) is 14.4. The molecule has 1 N–H and O–H groups in total. The highest BCUT2D eigenvalue weighted by Gasteiger charge is 2.55. The monoisotopic (exact) mass is 329 g/mol. The van der Waals surface area contributed by atoms with Crippen LogP contribution in [0.25, 0.3) is 0 Å². The van der Waals surface area contributed by atoms with Crippen molar-refractivity contribution in [2.24, 2.45) is 5.92 Å². The molecule has 1 aliphatic heterocycles. The van der Waals surface area contributed by atoms with Gasteiger partial charge in [0, 0.05) is 24.7 Å². The van der Waals surface area contributed by atoms with Crippen LogP contribution in [0.2, 0.25) is 0 Å². The Morgan fingerprint density at radius 1 is 1.50 bits per heavy atom. The molecule has 3 heterocycles. The highest BCUT2D eigenvalue weighted by Crippen LogP contribution is 2.50. The third-order valence-electron chi connectivity index (χ3n) is 5.60. The van der Waals surface area contributed by atoms with Crippen molar-refractivity contribution in [1.82, 2.24) is 25.2 Å². The van der Waals surface area contributed by atoms with Crippen molar-refractivity contribution in [2.45, 2.75) is 51.4 Å². The SMILES string of the molecule is Cc1[nH]ncc1C(=O)N1C[C@@H]2CCC[C@]2(c2nc(C(C)C)no2)C1. The maximum absolute atomic E-state index is 12.8. The predicted octanol–water partition coefficient (Wildman–Crippen LogP) is 2.42. The van der Waals surface area contributed by atoms with Crippen LogP contribution in [0.3, 0.4) is 0 Å². The minimum absolute atomic E-state index is 0.0404. The van der Waals surface area contributed by atoms with Crippen LogP contribution in [0.1, 0.15) is 66.8 Å². The Balaban J connectivity index is 1.63. The van der Waals surface area contributed by atoms with Crippen molar-refractivity contribution >= 4 is 5.91 Å². The van der Waals surface area contributed by atoms with Crippen molar-refractivity contribution in [2.75, 3.05) is 13.1 Å². The molecular formula is C17H23N5O2. The Morgan fingerprint density at radius 3 is 3.00 bits per heavy atom. The van der Waals surface area contributed by atoms with Gasteiger partial charge < -0.3 is 9.42 Å². The van der Waals surface area contributed by atoms with E-state index in [-0.39, 0.29) is 17.2 Å². The summed E-state index contributed by atoms with van der Waals surface area (Å²) in [6.45, 7) is 7.40. The van der Waals surface area contributed by atoms with Crippen LogP contribution in [0, 0.1) is 12.8 Å². The van der Waals surface area contributed by atoms with Crippen LogP contribution in [0.4, 0.5) is 0 Å². The van der Waals surface area contributed by atoms with Gasteiger partial charge in [0.25, 0.3) is 5.91 Å². The van der Waals surface area contributed by atoms with Gasteiger partial charge in [-0.3, -0.25) is 9.89 Å². The highest BCUT2D eigenvalue weighted by molar-refractivity contribution is 5.95. The largest absolute Gasteiger partial charge is 0.339 e. The minimum Gasteiger partial charge on any atom is -0.339 e. The molecule has 0 radical (unpaired) electrons. The predicted molar refractivity (Wildman–Crippen MR) is 86.6 cm³/mol. The number of aromatic nitrogens is 4. The van der Waals surface area contributed by atoms with E-state index in [0.29, 0.717) is 23.9 Å². The quantitative estimate of drug-likeness (QED) is 0.934. The topological polar surface area (TPSA) is 87.9 Å². The summed E-state index contributed by atoms with van der Waals surface area (Å²) < 4.78 is 5.64. The van der Waals surface area contributed by atoms with Gasteiger partial charge in [-0.25, -0.2) is 0 Å². The number of fused-ring (bicyclic) bond motifs is 1. The number of amides is 1. The number of likely N-dealkylation sites (tertiary alicyclic amines) is 1. The summed E-state index contributed by atoms with van der Waals surface area (Å²) >= 11 is 0. The third kappa shape index (κ3) is 2.17. The molecule has 7 heteroatoms. The molecular weight excluding hydrogens is 306 g/mol. The van der Waals surface area contributed by atoms with Crippen LogP contribution in [-0.2, 0) is 5.41 Å². The van der Waals surface area contributed by atoms with E-state index in [4.69, 9.17) is 4.52 Å². The number of hydrogen-bond donors (Lipinski definition) is 1. The minimum atomic E-state index is -0.173. The summed E-state index contributed by atoms with van der Waals surface area (Å²) in [4.78, 5) is 19.4. The fourth-order valence-corrected chi connectivity index (χ4v) is 4.20. The maximum Gasteiger partial charge on any atom is 0.257 e. The van der Waals surface area contributed by atoms with E-state index in [9.17, 15) is 4.79 Å². The Labute approximate surface area is 140 Å². The number of rotatable bonds is 3. The molecule has 2 fully saturated rings. The molecule has 0 unspecified atom stereocenters. The van der Waals surface area contributed by atoms with Crippen LogP contribution < -0.4 is 0 Å². The van der Waals surface area contributed by atoms with E-state index in [1.165, 1.54) is 0 Å². The van der Waals surface area contributed by atoms with Crippen LogP contribution in [0.15, 0.2) is 10.7 Å². The van der Waals surface area contributed by atoms with Gasteiger partial charge in [0.05, 0.1) is 17.2 Å². The smallest absolute Gasteiger partial charge is 0.257 e. The van der Waals surface area contributed by atoms with E-state index < -0.39 is 0 Å². The third-order valence-corrected chi connectivity index (χ3v) is 5.60. The van der Waals surface area contributed by atoms with E-state index in [1.807, 2.05) is 11.8 Å². The number of carbonyl (C=O) groups is 1. The molecule has 2 aromatic rings. The molecule has 0 bridgehead atoms. The molecule has 2 aliphatic rings. The lowest BCUT2D eigenvalue weighted by molar-refractivity contribution is 0.0774. The number of hydrogen-bond acceptors (Lipinski definition) is 5. The number of carbonyl (C=O) groups excluding carboxylic acids is 1. The molecule has 2 atom stereocenters. The average Bonchev–Trinajstić information content (AvgIpc) is 3.28. The molecule has 1 aliphatic carbocycles. The molecule has 24 heavy (non-hydrogen) atoms. The maximum atomic E-state index is 12.8. The first-order chi connectivity index (χ1) is 11.5. The van der Waals surface area contributed by atoms with E-state index in [0.717, 1.165) is 37.3 Å². The molecule has 0 spiro atoms. The van der Waals surface area contributed by atoms with Crippen molar-refractivity contribution < 1.29 is 9.32 Å². The Morgan fingerprint density at radius 2 is 2.33 bits per heavy atom. The summed E-state index contributed by atoms with van der Waals surface area (Å²) in [5.74, 6) is 2.15. The fourth-order valence-electron chi connectivity index (χ4n) is 4.20. The number of nitrogens with zero attached hydrogens (tertiary/aromatic N) is 4. The zero-order chi connectivity index (χ0) is 16.9. The standard InChI is InChI=1S/C17H23N5O2/c1-10(2)14-19-16(24-21-14)17-6-4-5-12(17)8-22(9-17)15(23)13-7-18-20-11(13)3/h7,10,12H,4-6,8-9H2,1-3H3,(H,18,20)/t12-,17-/m0/s1. The van der Waals surface area contributed by atoms with Gasteiger partial charge in [0.15, 0.2) is 5.82 Å². The first-order valence-electron chi connectivity index (χ1n) is 8.64. The van der Waals surface area contributed by atoms with Gasteiger partial charge in [-0.2, -0.15) is 10.1 Å². The van der Waals surface area contributed by atoms with Crippen molar-refractivity contribution in [3.8, 4) is 0 Å². The number of H-pyrrole nitrogens is 1.